The summed E-state index contributed by atoms with van der Waals surface area (Å²) in [6.07, 6.45) is 0. The average molecular weight is 1700 g/mol. The molecule has 632 valence electrons. The van der Waals surface area contributed by atoms with Gasteiger partial charge in [0.2, 0.25) is 0 Å². The predicted octanol–water partition coefficient (Wildman–Crippen LogP) is 35.1. The first kappa shape index (κ1) is 80.0. The van der Waals surface area contributed by atoms with E-state index < -0.39 is 0 Å². The summed E-state index contributed by atoms with van der Waals surface area (Å²) in [6.45, 7) is 14.1. The maximum Gasteiger partial charge on any atom is 0.0547 e. The molecule has 20 aromatic carbocycles. The van der Waals surface area contributed by atoms with E-state index in [4.69, 9.17) is 0 Å². The van der Waals surface area contributed by atoms with Crippen LogP contribution >= 0.6 is 0 Å². The second-order valence-electron chi connectivity index (χ2n) is 37.5. The van der Waals surface area contributed by atoms with E-state index >= 15 is 0 Å². The van der Waals surface area contributed by atoms with Crippen molar-refractivity contribution in [3.8, 4) is 123 Å². The minimum atomic E-state index is -0.0629. The van der Waals surface area contributed by atoms with Crippen LogP contribution in [0.15, 0.2) is 473 Å². The van der Waals surface area contributed by atoms with E-state index in [1.54, 1.807) is 0 Å². The summed E-state index contributed by atoms with van der Waals surface area (Å²) >= 11 is 0. The highest BCUT2D eigenvalue weighted by Gasteiger charge is 2.39. The lowest BCUT2D eigenvalue weighted by atomic mass is 9.82. The van der Waals surface area contributed by atoms with Gasteiger partial charge in [-0.3, -0.25) is 0 Å². The van der Waals surface area contributed by atoms with Crippen molar-refractivity contribution in [2.24, 2.45) is 0 Å². The van der Waals surface area contributed by atoms with Gasteiger partial charge in [0.05, 0.1) is 22.1 Å². The van der Waals surface area contributed by atoms with Crippen LogP contribution in [0.4, 0.5) is 34.1 Å². The molecule has 0 saturated heterocycles. The Kier molecular flexibility index (Phi) is 19.3. The van der Waals surface area contributed by atoms with Gasteiger partial charge in [0.15, 0.2) is 0 Å². The minimum absolute atomic E-state index is 0.0296. The molecule has 2 aromatic heterocycles. The fourth-order valence-corrected chi connectivity index (χ4v) is 22.0. The lowest BCUT2D eigenvalue weighted by Gasteiger charge is -2.27. The number of para-hydroxylation sites is 2. The SMILES string of the molecule is CC1(C)c2ccccc2-c2cc(-n3c4cc(-c5ccccc5)ccc4c4ccc(-c5cccc(-c6ccc(N(c7cccc(-c8ccccc8)c7)c7cccc(-c8ccccc8)c7)cc6)c5)cc43)ccc21.CC1(C)c2ccccc2-c2cc(N(c3ccccc3)c3ccc(-c4cccc(-c5ccc6c7ccccc7n(-c7ccc8c(c7)-c7ccccc7C8(C)C)c6c5)c4)cc3)ccc21. The molecule has 22 aromatic rings. The molecular formula is C129H96N4. The van der Waals surface area contributed by atoms with Crippen LogP contribution in [0.5, 0.6) is 0 Å². The first-order valence-corrected chi connectivity index (χ1v) is 46.5. The molecule has 0 unspecified atom stereocenters. The molecule has 4 heteroatoms. The zero-order valence-electron chi connectivity index (χ0n) is 75.3. The average Bonchev–Trinajstić information content (AvgIpc) is 1.56. The van der Waals surface area contributed by atoms with Crippen LogP contribution in [0.3, 0.4) is 0 Å². The van der Waals surface area contributed by atoms with Crippen LogP contribution in [-0.2, 0) is 16.2 Å². The lowest BCUT2D eigenvalue weighted by Crippen LogP contribution is -2.15. The quantitative estimate of drug-likeness (QED) is 0.102. The lowest BCUT2D eigenvalue weighted by molar-refractivity contribution is 0.660. The molecule has 2 heterocycles. The number of anilines is 6. The number of nitrogens with zero attached hydrogens (tertiary/aromatic N) is 4. The molecule has 4 nitrogen and oxygen atoms in total. The Labute approximate surface area is 778 Å². The molecular weight excluding hydrogens is 1610 g/mol. The Morgan fingerprint density at radius 3 is 0.820 bits per heavy atom. The van der Waals surface area contributed by atoms with Gasteiger partial charge in [0, 0.05) is 83.3 Å². The zero-order chi connectivity index (χ0) is 89.2. The van der Waals surface area contributed by atoms with Crippen molar-refractivity contribution in [1.29, 1.82) is 0 Å². The number of fused-ring (bicyclic) bond motifs is 15. The smallest absolute Gasteiger partial charge is 0.0547 e. The molecule has 3 aliphatic carbocycles. The Morgan fingerprint density at radius 1 is 0.150 bits per heavy atom. The first-order valence-electron chi connectivity index (χ1n) is 46.5. The van der Waals surface area contributed by atoms with E-state index in [1.807, 2.05) is 0 Å². The van der Waals surface area contributed by atoms with Gasteiger partial charge < -0.3 is 18.9 Å². The highest BCUT2D eigenvalue weighted by molar-refractivity contribution is 6.13. The Morgan fingerprint density at radius 2 is 0.398 bits per heavy atom. The summed E-state index contributed by atoms with van der Waals surface area (Å²) < 4.78 is 4.96. The van der Waals surface area contributed by atoms with Gasteiger partial charge in [-0.15, -0.1) is 0 Å². The number of aromatic nitrogens is 2. The van der Waals surface area contributed by atoms with Crippen molar-refractivity contribution in [3.05, 3.63) is 507 Å². The van der Waals surface area contributed by atoms with Crippen molar-refractivity contribution < 1.29 is 0 Å². The molecule has 0 fully saturated rings. The Hall–Kier alpha value is -16.4. The number of rotatable bonds is 15. The number of hydrogen-bond acceptors (Lipinski definition) is 2. The van der Waals surface area contributed by atoms with Crippen LogP contribution < -0.4 is 9.80 Å². The van der Waals surface area contributed by atoms with Crippen LogP contribution in [-0.4, -0.2) is 9.13 Å². The van der Waals surface area contributed by atoms with Crippen LogP contribution in [0.25, 0.3) is 166 Å². The molecule has 0 bridgehead atoms. The Bertz CT molecular complexity index is 8230. The third-order valence-electron chi connectivity index (χ3n) is 28.8. The van der Waals surface area contributed by atoms with Crippen LogP contribution in [0, 0.1) is 0 Å². The first-order chi connectivity index (χ1) is 65.2. The third kappa shape index (κ3) is 13.7. The molecule has 0 radical (unpaired) electrons. The maximum absolute atomic E-state index is 2.49. The Balaban J connectivity index is 0.000000148. The van der Waals surface area contributed by atoms with Gasteiger partial charge in [0.25, 0.3) is 0 Å². The van der Waals surface area contributed by atoms with Crippen LogP contribution in [0.1, 0.15) is 74.9 Å². The molecule has 0 saturated carbocycles. The molecule has 0 amide bonds. The third-order valence-corrected chi connectivity index (χ3v) is 28.8. The standard InChI is InChI=1S/C69H50N2.C60H46N2/c1-69(2)65-30-13-12-29-61(65)64-46-60(37-40-66(64)69)71-67-44-55(49-21-10-5-11-22-49)33-38-62(67)63-39-34-56(45-68(63)71)52-24-14-23-51(41-52)50-31-35-57(36-32-50)70(58-27-15-25-53(42-58)47-17-6-3-7-18-47)59-28-16-26-54(43-59)48-19-8-4-9-20-48;1-59(2)53-22-11-8-19-47(53)51-37-45(30-33-55(51)59)61(43-17-6-5-7-18-43)44-28-25-39(26-29-44)40-15-14-16-41(35-40)42-27-32-50-49-21-10-13-24-57(49)62(58(50)36-42)46-31-34-56-52(38-46)48-20-9-12-23-54(48)60(56,3)4/h3-46H,1-2H3;5-38H,1-4H3. The molecule has 0 aliphatic heterocycles. The topological polar surface area (TPSA) is 16.3 Å². The predicted molar refractivity (Wildman–Crippen MR) is 562 cm³/mol. The van der Waals surface area contributed by atoms with E-state index in [1.165, 1.54) is 194 Å². The monoisotopic (exact) mass is 1700 g/mol. The van der Waals surface area contributed by atoms with Crippen molar-refractivity contribution in [1.82, 2.24) is 9.13 Å². The van der Waals surface area contributed by atoms with E-state index in [2.05, 4.69) is 534 Å². The molecule has 0 spiro atoms. The largest absolute Gasteiger partial charge is 0.310 e. The van der Waals surface area contributed by atoms with Gasteiger partial charge in [-0.25, -0.2) is 0 Å². The zero-order valence-corrected chi connectivity index (χ0v) is 75.3. The van der Waals surface area contributed by atoms with Crippen molar-refractivity contribution in [2.45, 2.75) is 57.8 Å². The van der Waals surface area contributed by atoms with Gasteiger partial charge in [-0.2, -0.15) is 0 Å². The highest BCUT2D eigenvalue weighted by Crippen LogP contribution is 2.55. The van der Waals surface area contributed by atoms with E-state index in [-0.39, 0.29) is 16.2 Å². The van der Waals surface area contributed by atoms with E-state index in [0.717, 1.165) is 39.7 Å². The summed E-state index contributed by atoms with van der Waals surface area (Å²) in [7, 11) is 0. The van der Waals surface area contributed by atoms with Gasteiger partial charge in [-0.1, -0.05) is 381 Å². The second-order valence-corrected chi connectivity index (χ2v) is 37.5. The summed E-state index contributed by atoms with van der Waals surface area (Å²) in [6, 6.07) is 174. The molecule has 3 aliphatic rings. The van der Waals surface area contributed by atoms with Gasteiger partial charge >= 0.3 is 0 Å². The number of benzene rings is 20. The fraction of sp³-hybridized carbons (Fsp3) is 0.0698. The highest BCUT2D eigenvalue weighted by atomic mass is 15.1. The fourth-order valence-electron chi connectivity index (χ4n) is 22.0. The van der Waals surface area contributed by atoms with Gasteiger partial charge in [-0.05, 0) is 278 Å². The van der Waals surface area contributed by atoms with Crippen molar-refractivity contribution >= 4 is 77.7 Å². The summed E-state index contributed by atoms with van der Waals surface area (Å²) in [5.74, 6) is 0. The molecule has 25 rings (SSSR count). The normalized spacial score (nSPS) is 13.2. The molecule has 133 heavy (non-hydrogen) atoms. The summed E-state index contributed by atoms with van der Waals surface area (Å²) in [5, 5.41) is 5.01. The summed E-state index contributed by atoms with van der Waals surface area (Å²) in [5.41, 5.74) is 46.7. The van der Waals surface area contributed by atoms with E-state index in [0.29, 0.717) is 0 Å². The molecule has 0 N–H and O–H groups in total. The number of hydrogen-bond donors (Lipinski definition) is 0. The van der Waals surface area contributed by atoms with Gasteiger partial charge in [0.1, 0.15) is 0 Å². The maximum atomic E-state index is 2.49. The summed E-state index contributed by atoms with van der Waals surface area (Å²) in [4.78, 5) is 4.75. The van der Waals surface area contributed by atoms with Crippen molar-refractivity contribution in [3.63, 3.8) is 0 Å². The second kappa shape index (κ2) is 32.1. The molecule has 0 atom stereocenters. The van der Waals surface area contributed by atoms with Crippen molar-refractivity contribution in [2.75, 3.05) is 9.80 Å². The minimum Gasteiger partial charge on any atom is -0.310 e. The van der Waals surface area contributed by atoms with Crippen LogP contribution in [0.2, 0.25) is 0 Å². The van der Waals surface area contributed by atoms with E-state index in [9.17, 15) is 0 Å².